The maximum atomic E-state index is 11.9. The Labute approximate surface area is 113 Å². The van der Waals surface area contributed by atoms with Crippen LogP contribution in [0.5, 0.6) is 0 Å². The topological polar surface area (TPSA) is 34.9 Å². The van der Waals surface area contributed by atoms with Gasteiger partial charge in [0.15, 0.2) is 0 Å². The molecule has 0 atom stereocenters. The van der Waals surface area contributed by atoms with E-state index in [9.17, 15) is 4.79 Å². The second-order valence-corrected chi connectivity index (χ2v) is 5.16. The van der Waals surface area contributed by atoms with Crippen molar-refractivity contribution in [1.29, 1.82) is 0 Å². The number of halogens is 2. The number of carbonyl (C=O) groups excluding carboxylic acids is 1. The van der Waals surface area contributed by atoms with E-state index in [0.29, 0.717) is 15.7 Å². The third-order valence-electron chi connectivity index (χ3n) is 2.11. The van der Waals surface area contributed by atoms with Gasteiger partial charge in [0.2, 0.25) is 5.12 Å². The Morgan fingerprint density at radius 2 is 1.94 bits per heavy atom. The van der Waals surface area contributed by atoms with E-state index >= 15 is 0 Å². The fourth-order valence-electron chi connectivity index (χ4n) is 1.22. The molecule has 88 valence electrons. The maximum absolute atomic E-state index is 11.9. The van der Waals surface area contributed by atoms with Gasteiger partial charge in [-0.1, -0.05) is 23.2 Å². The molecular weight excluding hydrogens is 279 g/mol. The molecule has 1 aromatic heterocycles. The van der Waals surface area contributed by atoms with Crippen molar-refractivity contribution >= 4 is 40.1 Å². The van der Waals surface area contributed by atoms with Crippen LogP contribution >= 0.6 is 35.0 Å². The highest BCUT2D eigenvalue weighted by atomic mass is 35.5. The molecule has 2 rings (SSSR count). The molecule has 0 amide bonds. The van der Waals surface area contributed by atoms with Gasteiger partial charge in [0, 0.05) is 17.0 Å². The van der Waals surface area contributed by atoms with Crippen LogP contribution in [0, 0.1) is 0 Å². The van der Waals surface area contributed by atoms with E-state index in [0.717, 1.165) is 16.7 Å². The van der Waals surface area contributed by atoms with Crippen molar-refractivity contribution in [3.63, 3.8) is 0 Å². The predicted molar refractivity (Wildman–Crippen MR) is 69.9 cm³/mol. The number of aryl methyl sites for hydroxylation is 1. The van der Waals surface area contributed by atoms with E-state index in [1.807, 2.05) is 0 Å². The smallest absolute Gasteiger partial charge is 0.228 e. The summed E-state index contributed by atoms with van der Waals surface area (Å²) in [5.74, 6) is 0. The highest BCUT2D eigenvalue weighted by Crippen LogP contribution is 2.27. The van der Waals surface area contributed by atoms with E-state index in [-0.39, 0.29) is 5.12 Å². The summed E-state index contributed by atoms with van der Waals surface area (Å²) in [6.45, 7) is 0. The quantitative estimate of drug-likeness (QED) is 0.791. The largest absolute Gasteiger partial charge is 0.281 e. The molecule has 1 heterocycles. The number of aromatic nitrogens is 2. The summed E-state index contributed by atoms with van der Waals surface area (Å²) in [6.07, 6.45) is 1.47. The summed E-state index contributed by atoms with van der Waals surface area (Å²) in [5.41, 5.74) is 0.411. The molecule has 0 saturated heterocycles. The fourth-order valence-corrected chi connectivity index (χ4v) is 2.33. The molecule has 0 N–H and O–H groups in total. The second kappa shape index (κ2) is 5.12. The van der Waals surface area contributed by atoms with Crippen LogP contribution < -0.4 is 0 Å². The van der Waals surface area contributed by atoms with Crippen LogP contribution in [0.25, 0.3) is 0 Å². The van der Waals surface area contributed by atoms with Gasteiger partial charge < -0.3 is 0 Å². The molecule has 2 aromatic rings. The molecule has 0 bridgehead atoms. The number of benzene rings is 1. The zero-order valence-electron chi connectivity index (χ0n) is 8.85. The first-order chi connectivity index (χ1) is 8.08. The van der Waals surface area contributed by atoms with Crippen molar-refractivity contribution in [3.8, 4) is 0 Å². The highest BCUT2D eigenvalue weighted by molar-refractivity contribution is 8.14. The highest BCUT2D eigenvalue weighted by Gasteiger charge is 2.15. The molecule has 0 unspecified atom stereocenters. The Balaban J connectivity index is 2.17. The number of rotatable bonds is 2. The number of carbonyl (C=O) groups is 1. The number of nitrogens with zero attached hydrogens (tertiary/aromatic N) is 2. The van der Waals surface area contributed by atoms with Crippen LogP contribution in [-0.2, 0) is 7.05 Å². The summed E-state index contributed by atoms with van der Waals surface area (Å²) in [7, 11) is 1.69. The standard InChI is InChI=1S/C11H8Cl2N2OS/c1-15-10(13)9(6-14-15)11(16)17-8-4-2-7(12)3-5-8/h2-6H,1H3. The van der Waals surface area contributed by atoms with Gasteiger partial charge in [-0.05, 0) is 36.0 Å². The zero-order chi connectivity index (χ0) is 12.4. The van der Waals surface area contributed by atoms with Gasteiger partial charge in [-0.3, -0.25) is 9.48 Å². The van der Waals surface area contributed by atoms with Crippen molar-refractivity contribution < 1.29 is 4.79 Å². The molecule has 0 aliphatic heterocycles. The first kappa shape index (κ1) is 12.5. The van der Waals surface area contributed by atoms with Gasteiger partial charge in [-0.25, -0.2) is 0 Å². The third-order valence-corrected chi connectivity index (χ3v) is 3.72. The minimum Gasteiger partial charge on any atom is -0.281 e. The predicted octanol–water partition coefficient (Wildman–Crippen LogP) is 3.66. The SMILES string of the molecule is Cn1ncc(C(=O)Sc2ccc(Cl)cc2)c1Cl. The summed E-state index contributed by atoms with van der Waals surface area (Å²) in [4.78, 5) is 12.7. The van der Waals surface area contributed by atoms with Gasteiger partial charge in [0.25, 0.3) is 0 Å². The van der Waals surface area contributed by atoms with Gasteiger partial charge in [0.1, 0.15) is 5.15 Å². The van der Waals surface area contributed by atoms with Crippen molar-refractivity contribution in [2.24, 2.45) is 7.05 Å². The van der Waals surface area contributed by atoms with Crippen LogP contribution in [0.1, 0.15) is 10.4 Å². The lowest BCUT2D eigenvalue weighted by Gasteiger charge is -1.99. The lowest BCUT2D eigenvalue weighted by atomic mass is 10.4. The van der Waals surface area contributed by atoms with Crippen LogP contribution in [0.3, 0.4) is 0 Å². The third kappa shape index (κ3) is 2.83. The van der Waals surface area contributed by atoms with Crippen molar-refractivity contribution in [1.82, 2.24) is 9.78 Å². The van der Waals surface area contributed by atoms with E-state index in [4.69, 9.17) is 23.2 Å². The Morgan fingerprint density at radius 1 is 1.29 bits per heavy atom. The minimum atomic E-state index is -0.134. The number of hydrogen-bond donors (Lipinski definition) is 0. The molecule has 0 aliphatic carbocycles. The van der Waals surface area contributed by atoms with E-state index in [2.05, 4.69) is 5.10 Å². The first-order valence-electron chi connectivity index (χ1n) is 4.73. The lowest BCUT2D eigenvalue weighted by molar-refractivity contribution is 0.108. The van der Waals surface area contributed by atoms with Crippen LogP contribution in [0.2, 0.25) is 10.2 Å². The summed E-state index contributed by atoms with van der Waals surface area (Å²) >= 11 is 12.8. The normalized spacial score (nSPS) is 10.5. The first-order valence-corrected chi connectivity index (χ1v) is 6.30. The average molecular weight is 287 g/mol. The lowest BCUT2D eigenvalue weighted by Crippen LogP contribution is -1.94. The summed E-state index contributed by atoms with van der Waals surface area (Å²) < 4.78 is 1.46. The van der Waals surface area contributed by atoms with Gasteiger partial charge in [0.05, 0.1) is 11.8 Å². The van der Waals surface area contributed by atoms with Crippen LogP contribution in [0.4, 0.5) is 0 Å². The van der Waals surface area contributed by atoms with Crippen molar-refractivity contribution in [3.05, 3.63) is 46.2 Å². The van der Waals surface area contributed by atoms with Crippen molar-refractivity contribution in [2.45, 2.75) is 4.90 Å². The zero-order valence-corrected chi connectivity index (χ0v) is 11.2. The average Bonchev–Trinajstić information content (AvgIpc) is 2.63. The van der Waals surface area contributed by atoms with Gasteiger partial charge in [-0.15, -0.1) is 0 Å². The second-order valence-electron chi connectivity index (χ2n) is 3.32. The summed E-state index contributed by atoms with van der Waals surface area (Å²) in [6, 6.07) is 7.05. The Kier molecular flexibility index (Phi) is 3.76. The molecule has 0 radical (unpaired) electrons. The maximum Gasteiger partial charge on any atom is 0.228 e. The van der Waals surface area contributed by atoms with E-state index < -0.39 is 0 Å². The van der Waals surface area contributed by atoms with Gasteiger partial charge >= 0.3 is 0 Å². The molecule has 6 heteroatoms. The Morgan fingerprint density at radius 3 is 2.47 bits per heavy atom. The van der Waals surface area contributed by atoms with Gasteiger partial charge in [-0.2, -0.15) is 5.10 Å². The Hall–Kier alpha value is -0.970. The van der Waals surface area contributed by atoms with Crippen LogP contribution in [-0.4, -0.2) is 14.9 Å². The molecule has 17 heavy (non-hydrogen) atoms. The molecule has 0 saturated carbocycles. The molecule has 3 nitrogen and oxygen atoms in total. The minimum absolute atomic E-state index is 0.134. The number of thioether (sulfide) groups is 1. The van der Waals surface area contributed by atoms with Crippen molar-refractivity contribution in [2.75, 3.05) is 0 Å². The fraction of sp³-hybridized carbons (Fsp3) is 0.0909. The number of hydrogen-bond acceptors (Lipinski definition) is 3. The Bertz CT molecular complexity index is 551. The molecular formula is C11H8Cl2N2OS. The monoisotopic (exact) mass is 286 g/mol. The molecule has 1 aromatic carbocycles. The van der Waals surface area contributed by atoms with E-state index in [1.54, 1.807) is 31.3 Å². The molecule has 0 spiro atoms. The van der Waals surface area contributed by atoms with E-state index in [1.165, 1.54) is 10.9 Å². The summed E-state index contributed by atoms with van der Waals surface area (Å²) in [5, 5.41) is 4.77. The molecule has 0 fully saturated rings. The van der Waals surface area contributed by atoms with Crippen LogP contribution in [0.15, 0.2) is 35.4 Å². The molecule has 0 aliphatic rings.